The number of allylic oxidation sites excluding steroid dienone is 4. The minimum Gasteiger partial charge on any atom is -0.508 e. The molecule has 0 fully saturated rings. The second-order valence-electron chi connectivity index (χ2n) is 5.07. The van der Waals surface area contributed by atoms with Crippen LogP contribution in [0.3, 0.4) is 0 Å². The van der Waals surface area contributed by atoms with Gasteiger partial charge in [-0.2, -0.15) is 0 Å². The standard InChI is InChI=1S/C17H18N4O3/c1-3-10(22)6-4-5-7-11-15(18)12(17(19)24)8-13-16(11)20-9-14(23)21(13)2/h3-9,22H,18H2,1-2H3,(H2,19,24)/b6-4-,7-5+,10-3-. The molecule has 2 rings (SSSR count). The predicted molar refractivity (Wildman–Crippen MR) is 94.5 cm³/mol. The normalized spacial score (nSPS) is 12.5. The minimum atomic E-state index is -0.692. The highest BCUT2D eigenvalue weighted by Crippen LogP contribution is 2.27. The second kappa shape index (κ2) is 6.82. The van der Waals surface area contributed by atoms with Crippen LogP contribution in [-0.4, -0.2) is 20.6 Å². The zero-order valence-corrected chi connectivity index (χ0v) is 13.4. The summed E-state index contributed by atoms with van der Waals surface area (Å²) in [4.78, 5) is 27.5. The Bertz CT molecular complexity index is 952. The number of hydrogen-bond donors (Lipinski definition) is 3. The van der Waals surface area contributed by atoms with E-state index in [1.807, 2.05) is 0 Å². The number of nitrogens with two attached hydrogens (primary N) is 2. The minimum absolute atomic E-state index is 0.115. The number of anilines is 1. The van der Waals surface area contributed by atoms with E-state index in [0.717, 1.165) is 0 Å². The van der Waals surface area contributed by atoms with Crippen LogP contribution in [0.5, 0.6) is 0 Å². The Hall–Kier alpha value is -3.35. The first-order valence-electron chi connectivity index (χ1n) is 7.14. The van der Waals surface area contributed by atoms with Gasteiger partial charge in [0, 0.05) is 12.6 Å². The summed E-state index contributed by atoms with van der Waals surface area (Å²) in [5, 5.41) is 9.37. The Labute approximate surface area is 138 Å². The van der Waals surface area contributed by atoms with Crippen LogP contribution < -0.4 is 17.0 Å². The number of aliphatic hydroxyl groups excluding tert-OH is 1. The molecule has 1 amide bonds. The van der Waals surface area contributed by atoms with Crippen LogP contribution >= 0.6 is 0 Å². The van der Waals surface area contributed by atoms with Gasteiger partial charge in [0.15, 0.2) is 0 Å². The van der Waals surface area contributed by atoms with Crippen LogP contribution in [0.25, 0.3) is 17.1 Å². The van der Waals surface area contributed by atoms with Crippen LogP contribution in [0.4, 0.5) is 5.69 Å². The van der Waals surface area contributed by atoms with Crippen molar-refractivity contribution in [2.45, 2.75) is 6.92 Å². The molecule has 0 radical (unpaired) electrons. The molecule has 7 nitrogen and oxygen atoms in total. The highest BCUT2D eigenvalue weighted by molar-refractivity contribution is 6.05. The zero-order chi connectivity index (χ0) is 17.9. The third-order valence-corrected chi connectivity index (χ3v) is 3.56. The molecule has 24 heavy (non-hydrogen) atoms. The maximum atomic E-state index is 11.8. The number of nitrogens with zero attached hydrogens (tertiary/aromatic N) is 2. The molecular weight excluding hydrogens is 308 g/mol. The van der Waals surface area contributed by atoms with E-state index in [1.54, 1.807) is 38.3 Å². The Morgan fingerprint density at radius 1 is 1.38 bits per heavy atom. The van der Waals surface area contributed by atoms with Gasteiger partial charge in [-0.05, 0) is 25.1 Å². The summed E-state index contributed by atoms with van der Waals surface area (Å²) in [6.45, 7) is 1.70. The van der Waals surface area contributed by atoms with E-state index in [1.165, 1.54) is 22.9 Å². The van der Waals surface area contributed by atoms with E-state index in [2.05, 4.69) is 4.98 Å². The van der Waals surface area contributed by atoms with Gasteiger partial charge in [0.25, 0.3) is 11.5 Å². The van der Waals surface area contributed by atoms with Gasteiger partial charge in [0.2, 0.25) is 0 Å². The molecule has 0 aliphatic carbocycles. The number of aromatic nitrogens is 2. The topological polar surface area (TPSA) is 124 Å². The lowest BCUT2D eigenvalue weighted by Crippen LogP contribution is -2.20. The fourth-order valence-corrected chi connectivity index (χ4v) is 2.18. The fraction of sp³-hybridized carbons (Fsp3) is 0.118. The lowest BCUT2D eigenvalue weighted by Gasteiger charge is -2.12. The highest BCUT2D eigenvalue weighted by Gasteiger charge is 2.15. The molecule has 1 heterocycles. The molecule has 0 unspecified atom stereocenters. The molecule has 0 atom stereocenters. The molecule has 2 aromatic rings. The number of carbonyl (C=O) groups is 1. The van der Waals surface area contributed by atoms with E-state index in [4.69, 9.17) is 11.5 Å². The number of carbonyl (C=O) groups excluding carboxylic acids is 1. The molecule has 1 aromatic carbocycles. The Kier molecular flexibility index (Phi) is 4.84. The summed E-state index contributed by atoms with van der Waals surface area (Å²) >= 11 is 0. The molecule has 0 aliphatic heterocycles. The van der Waals surface area contributed by atoms with Crippen molar-refractivity contribution in [1.82, 2.24) is 9.55 Å². The van der Waals surface area contributed by atoms with Crippen molar-refractivity contribution >= 4 is 28.7 Å². The van der Waals surface area contributed by atoms with E-state index in [9.17, 15) is 14.7 Å². The SMILES string of the molecule is C/C=C(O)/C=C\C=C\c1c(N)c(C(N)=O)cc2c1ncc(=O)n2C. The summed E-state index contributed by atoms with van der Waals surface area (Å²) in [5.74, 6) is -0.577. The van der Waals surface area contributed by atoms with Crippen molar-refractivity contribution in [2.75, 3.05) is 5.73 Å². The largest absolute Gasteiger partial charge is 0.508 e. The third-order valence-electron chi connectivity index (χ3n) is 3.56. The molecule has 124 valence electrons. The number of benzene rings is 1. The van der Waals surface area contributed by atoms with Crippen molar-refractivity contribution in [3.8, 4) is 0 Å². The third kappa shape index (κ3) is 3.19. The molecule has 0 bridgehead atoms. The fourth-order valence-electron chi connectivity index (χ4n) is 2.18. The van der Waals surface area contributed by atoms with E-state index >= 15 is 0 Å². The number of fused-ring (bicyclic) bond motifs is 1. The van der Waals surface area contributed by atoms with Gasteiger partial charge >= 0.3 is 0 Å². The molecule has 1 aromatic heterocycles. The first kappa shape index (κ1) is 17.0. The molecule has 0 saturated heterocycles. The first-order chi connectivity index (χ1) is 11.4. The smallest absolute Gasteiger partial charge is 0.269 e. The van der Waals surface area contributed by atoms with Gasteiger partial charge in [-0.25, -0.2) is 4.98 Å². The lowest BCUT2D eigenvalue weighted by molar-refractivity contribution is 0.100. The number of aryl methyl sites for hydroxylation is 1. The van der Waals surface area contributed by atoms with Crippen molar-refractivity contribution < 1.29 is 9.90 Å². The van der Waals surface area contributed by atoms with Crippen LogP contribution in [-0.2, 0) is 7.05 Å². The Morgan fingerprint density at radius 3 is 2.71 bits per heavy atom. The molecular formula is C17H18N4O3. The average Bonchev–Trinajstić information content (AvgIpc) is 2.55. The number of aliphatic hydroxyl groups is 1. The summed E-state index contributed by atoms with van der Waals surface area (Å²) in [6, 6.07) is 1.46. The van der Waals surface area contributed by atoms with Gasteiger partial charge in [-0.3, -0.25) is 9.59 Å². The van der Waals surface area contributed by atoms with E-state index in [-0.39, 0.29) is 22.6 Å². The maximum Gasteiger partial charge on any atom is 0.269 e. The average molecular weight is 326 g/mol. The quantitative estimate of drug-likeness (QED) is 0.447. The van der Waals surface area contributed by atoms with E-state index in [0.29, 0.717) is 16.6 Å². The number of nitrogen functional groups attached to an aromatic ring is 1. The Balaban J connectivity index is 2.71. The van der Waals surface area contributed by atoms with Crippen molar-refractivity contribution in [3.05, 3.63) is 63.8 Å². The Morgan fingerprint density at radius 2 is 2.08 bits per heavy atom. The van der Waals surface area contributed by atoms with Crippen molar-refractivity contribution in [3.63, 3.8) is 0 Å². The summed E-state index contributed by atoms with van der Waals surface area (Å²) in [6.07, 6.45) is 9.11. The molecule has 0 aliphatic rings. The van der Waals surface area contributed by atoms with Crippen LogP contribution in [0.15, 0.2) is 47.1 Å². The van der Waals surface area contributed by atoms with Crippen LogP contribution in [0.1, 0.15) is 22.8 Å². The van der Waals surface area contributed by atoms with Gasteiger partial charge in [0.05, 0.1) is 28.5 Å². The first-order valence-corrected chi connectivity index (χ1v) is 7.14. The lowest BCUT2D eigenvalue weighted by atomic mass is 10.0. The predicted octanol–water partition coefficient (Wildman–Crippen LogP) is 1.65. The summed E-state index contributed by atoms with van der Waals surface area (Å²) in [5.41, 5.74) is 12.8. The van der Waals surface area contributed by atoms with Gasteiger partial charge in [-0.15, -0.1) is 0 Å². The maximum absolute atomic E-state index is 11.8. The van der Waals surface area contributed by atoms with Gasteiger partial charge < -0.3 is 21.1 Å². The van der Waals surface area contributed by atoms with Gasteiger partial charge in [-0.1, -0.05) is 18.2 Å². The summed E-state index contributed by atoms with van der Waals surface area (Å²) in [7, 11) is 1.57. The van der Waals surface area contributed by atoms with Crippen LogP contribution in [0, 0.1) is 0 Å². The van der Waals surface area contributed by atoms with E-state index < -0.39 is 5.91 Å². The number of hydrogen-bond acceptors (Lipinski definition) is 5. The number of rotatable bonds is 4. The monoisotopic (exact) mass is 326 g/mol. The second-order valence-corrected chi connectivity index (χ2v) is 5.07. The highest BCUT2D eigenvalue weighted by atomic mass is 16.3. The number of primary amides is 1. The zero-order valence-electron chi connectivity index (χ0n) is 13.4. The molecule has 7 heteroatoms. The summed E-state index contributed by atoms with van der Waals surface area (Å²) < 4.78 is 1.37. The van der Waals surface area contributed by atoms with Crippen LogP contribution in [0.2, 0.25) is 0 Å². The molecule has 0 spiro atoms. The number of amides is 1. The van der Waals surface area contributed by atoms with Gasteiger partial charge in [0.1, 0.15) is 5.76 Å². The molecule has 5 N–H and O–H groups in total. The van der Waals surface area contributed by atoms with Crippen molar-refractivity contribution in [1.29, 1.82) is 0 Å². The van der Waals surface area contributed by atoms with Crippen molar-refractivity contribution in [2.24, 2.45) is 12.8 Å². The molecule has 0 saturated carbocycles.